The van der Waals surface area contributed by atoms with E-state index in [1.54, 1.807) is 31.5 Å². The first kappa shape index (κ1) is 9.86. The van der Waals surface area contributed by atoms with Crippen LogP contribution in [0.15, 0.2) is 24.5 Å². The third-order valence-corrected chi connectivity index (χ3v) is 2.44. The first-order valence-corrected chi connectivity index (χ1v) is 4.72. The number of nitrogens with zero attached hydrogens (tertiary/aromatic N) is 3. The molecule has 0 bridgehead atoms. The average Bonchev–Trinajstić information content (AvgIpc) is 2.55. The van der Waals surface area contributed by atoms with Crippen molar-refractivity contribution in [1.29, 1.82) is 0 Å². The molecule has 0 fully saturated rings. The third kappa shape index (κ3) is 1.64. The Kier molecular flexibility index (Phi) is 2.51. The molecule has 0 aliphatic carbocycles. The van der Waals surface area contributed by atoms with Gasteiger partial charge in [0.25, 0.3) is 0 Å². The van der Waals surface area contributed by atoms with Gasteiger partial charge in [-0.2, -0.15) is 5.10 Å². The monoisotopic (exact) mass is 221 g/mol. The van der Waals surface area contributed by atoms with Crippen molar-refractivity contribution in [2.24, 2.45) is 0 Å². The Morgan fingerprint density at radius 1 is 1.40 bits per heavy atom. The van der Waals surface area contributed by atoms with Crippen molar-refractivity contribution in [3.05, 3.63) is 40.9 Å². The summed E-state index contributed by atoms with van der Waals surface area (Å²) in [4.78, 5) is 14.6. The maximum atomic E-state index is 10.7. The second-order valence-electron chi connectivity index (χ2n) is 3.02. The standard InChI is InChI=1S/C10H8ClN3O/c1-7-9(6-15)10(11)14(13-7)8-2-4-12-5-3-8/h2-6H,1H3. The highest BCUT2D eigenvalue weighted by molar-refractivity contribution is 6.32. The smallest absolute Gasteiger partial charge is 0.155 e. The predicted octanol–water partition coefficient (Wildman–Crippen LogP) is 2.04. The maximum Gasteiger partial charge on any atom is 0.155 e. The molecule has 0 saturated carbocycles. The van der Waals surface area contributed by atoms with Gasteiger partial charge in [-0.05, 0) is 19.1 Å². The number of aldehydes is 1. The van der Waals surface area contributed by atoms with Gasteiger partial charge in [0.15, 0.2) is 6.29 Å². The zero-order chi connectivity index (χ0) is 10.8. The molecule has 15 heavy (non-hydrogen) atoms. The average molecular weight is 222 g/mol. The van der Waals surface area contributed by atoms with Gasteiger partial charge in [-0.25, -0.2) is 4.68 Å². The van der Waals surface area contributed by atoms with E-state index >= 15 is 0 Å². The highest BCUT2D eigenvalue weighted by Gasteiger charge is 2.13. The lowest BCUT2D eigenvalue weighted by Crippen LogP contribution is -1.96. The van der Waals surface area contributed by atoms with Crippen molar-refractivity contribution in [1.82, 2.24) is 14.8 Å². The van der Waals surface area contributed by atoms with Crippen LogP contribution >= 0.6 is 11.6 Å². The lowest BCUT2D eigenvalue weighted by Gasteiger charge is -2.00. The first-order chi connectivity index (χ1) is 7.24. The van der Waals surface area contributed by atoms with Gasteiger partial charge in [-0.1, -0.05) is 11.6 Å². The molecular weight excluding hydrogens is 214 g/mol. The molecule has 0 radical (unpaired) electrons. The van der Waals surface area contributed by atoms with Crippen molar-refractivity contribution < 1.29 is 4.79 Å². The minimum absolute atomic E-state index is 0.328. The van der Waals surface area contributed by atoms with Crippen LogP contribution in [0.5, 0.6) is 0 Å². The van der Waals surface area contributed by atoms with Crippen LogP contribution in [0.1, 0.15) is 16.1 Å². The summed E-state index contributed by atoms with van der Waals surface area (Å²) in [5.74, 6) is 0. The van der Waals surface area contributed by atoms with Crippen molar-refractivity contribution in [3.8, 4) is 5.69 Å². The number of aryl methyl sites for hydroxylation is 1. The lowest BCUT2D eigenvalue weighted by atomic mass is 10.3. The molecular formula is C10H8ClN3O. The van der Waals surface area contributed by atoms with E-state index in [-0.39, 0.29) is 0 Å². The molecule has 0 atom stereocenters. The zero-order valence-corrected chi connectivity index (χ0v) is 8.77. The molecule has 2 heterocycles. The summed E-state index contributed by atoms with van der Waals surface area (Å²) in [6.45, 7) is 1.74. The van der Waals surface area contributed by atoms with E-state index < -0.39 is 0 Å². The maximum absolute atomic E-state index is 10.7. The minimum Gasteiger partial charge on any atom is -0.298 e. The summed E-state index contributed by atoms with van der Waals surface area (Å²) in [5, 5.41) is 4.50. The van der Waals surface area contributed by atoms with E-state index in [0.29, 0.717) is 22.7 Å². The van der Waals surface area contributed by atoms with Gasteiger partial charge in [-0.15, -0.1) is 0 Å². The van der Waals surface area contributed by atoms with Crippen LogP contribution in [0.4, 0.5) is 0 Å². The van der Waals surface area contributed by atoms with Crippen LogP contribution in [-0.4, -0.2) is 21.1 Å². The predicted molar refractivity (Wildman–Crippen MR) is 56.5 cm³/mol. The molecule has 0 aromatic carbocycles. The van der Waals surface area contributed by atoms with Crippen LogP contribution in [0, 0.1) is 6.92 Å². The summed E-state index contributed by atoms with van der Waals surface area (Å²) in [6.07, 6.45) is 3.99. The quantitative estimate of drug-likeness (QED) is 0.730. The second-order valence-corrected chi connectivity index (χ2v) is 3.38. The molecule has 0 aliphatic heterocycles. The number of pyridine rings is 1. The summed E-state index contributed by atoms with van der Waals surface area (Å²) < 4.78 is 1.52. The number of halogens is 1. The van der Waals surface area contributed by atoms with Gasteiger partial charge in [0.2, 0.25) is 0 Å². The van der Waals surface area contributed by atoms with Crippen molar-refractivity contribution in [2.45, 2.75) is 6.92 Å². The first-order valence-electron chi connectivity index (χ1n) is 4.34. The molecule has 4 nitrogen and oxygen atoms in total. The molecule has 2 aromatic rings. The largest absolute Gasteiger partial charge is 0.298 e. The summed E-state index contributed by atoms with van der Waals surface area (Å²) >= 11 is 6.01. The molecule has 5 heteroatoms. The Bertz CT molecular complexity index is 493. The Labute approximate surface area is 91.5 Å². The van der Waals surface area contributed by atoms with Crippen LogP contribution in [0.2, 0.25) is 5.15 Å². The molecule has 2 aromatic heterocycles. The van der Waals surface area contributed by atoms with Gasteiger partial charge >= 0.3 is 0 Å². The van der Waals surface area contributed by atoms with Crippen molar-refractivity contribution >= 4 is 17.9 Å². The second kappa shape index (κ2) is 3.82. The SMILES string of the molecule is Cc1nn(-c2ccncc2)c(Cl)c1C=O. The van der Waals surface area contributed by atoms with E-state index in [9.17, 15) is 4.79 Å². The van der Waals surface area contributed by atoms with E-state index in [1.807, 2.05) is 0 Å². The molecule has 0 aliphatic rings. The number of hydrogen-bond acceptors (Lipinski definition) is 3. The number of carbonyl (C=O) groups excluding carboxylic acids is 1. The van der Waals surface area contributed by atoms with Crippen LogP contribution in [-0.2, 0) is 0 Å². The molecule has 76 valence electrons. The Morgan fingerprint density at radius 3 is 2.60 bits per heavy atom. The highest BCUT2D eigenvalue weighted by atomic mass is 35.5. The fourth-order valence-corrected chi connectivity index (χ4v) is 1.62. The van der Waals surface area contributed by atoms with Crippen LogP contribution in [0.25, 0.3) is 5.69 Å². The van der Waals surface area contributed by atoms with Gasteiger partial charge in [-0.3, -0.25) is 9.78 Å². The van der Waals surface area contributed by atoms with E-state index in [0.717, 1.165) is 5.69 Å². The summed E-state index contributed by atoms with van der Waals surface area (Å²) in [6, 6.07) is 3.54. The normalized spacial score (nSPS) is 10.3. The lowest BCUT2D eigenvalue weighted by molar-refractivity contribution is 0.112. The summed E-state index contributed by atoms with van der Waals surface area (Å²) in [7, 11) is 0. The number of aromatic nitrogens is 3. The van der Waals surface area contributed by atoms with E-state index in [1.165, 1.54) is 4.68 Å². The van der Waals surface area contributed by atoms with Crippen LogP contribution in [0.3, 0.4) is 0 Å². The number of carbonyl (C=O) groups is 1. The van der Waals surface area contributed by atoms with Crippen molar-refractivity contribution in [3.63, 3.8) is 0 Å². The number of hydrogen-bond donors (Lipinski definition) is 0. The van der Waals surface area contributed by atoms with Crippen LogP contribution < -0.4 is 0 Å². The molecule has 2 rings (SSSR count). The zero-order valence-electron chi connectivity index (χ0n) is 8.01. The topological polar surface area (TPSA) is 47.8 Å². The molecule has 0 unspecified atom stereocenters. The Morgan fingerprint density at radius 2 is 2.07 bits per heavy atom. The third-order valence-electron chi connectivity index (χ3n) is 2.07. The van der Waals surface area contributed by atoms with Gasteiger partial charge in [0.05, 0.1) is 16.9 Å². The van der Waals surface area contributed by atoms with E-state index in [2.05, 4.69) is 10.1 Å². The van der Waals surface area contributed by atoms with E-state index in [4.69, 9.17) is 11.6 Å². The minimum atomic E-state index is 0.328. The van der Waals surface area contributed by atoms with Gasteiger partial charge in [0.1, 0.15) is 5.15 Å². The highest BCUT2D eigenvalue weighted by Crippen LogP contribution is 2.21. The van der Waals surface area contributed by atoms with Gasteiger partial charge in [0, 0.05) is 12.4 Å². The van der Waals surface area contributed by atoms with Gasteiger partial charge < -0.3 is 0 Å². The fourth-order valence-electron chi connectivity index (χ4n) is 1.30. The number of rotatable bonds is 2. The Balaban J connectivity index is 2.60. The van der Waals surface area contributed by atoms with Crippen molar-refractivity contribution in [2.75, 3.05) is 0 Å². The molecule has 0 spiro atoms. The fraction of sp³-hybridized carbons (Fsp3) is 0.100. The molecule has 0 saturated heterocycles. The summed E-state index contributed by atoms with van der Waals surface area (Å²) in [5.41, 5.74) is 1.83. The Hall–Kier alpha value is -1.68. The molecule has 0 N–H and O–H groups in total. The molecule has 0 amide bonds.